The summed E-state index contributed by atoms with van der Waals surface area (Å²) >= 11 is 13.5. The second-order valence-corrected chi connectivity index (χ2v) is 6.39. The van der Waals surface area contributed by atoms with E-state index >= 15 is 0 Å². The van der Waals surface area contributed by atoms with E-state index in [1.54, 1.807) is 24.5 Å². The third-order valence-corrected chi connectivity index (χ3v) is 4.28. The maximum Gasteiger partial charge on any atom is 0.224 e. The molecule has 3 aromatic rings. The molecule has 8 nitrogen and oxygen atoms in total. The Balaban J connectivity index is 2.00. The first-order chi connectivity index (χ1) is 12.6. The summed E-state index contributed by atoms with van der Waals surface area (Å²) in [6.45, 7) is -0.160. The second-order valence-electron chi connectivity index (χ2n) is 4.64. The fraction of sp³-hybridized carbons (Fsp3) is 0.0667. The van der Waals surface area contributed by atoms with E-state index in [9.17, 15) is 0 Å². The lowest BCUT2D eigenvalue weighted by atomic mass is 10.2. The fourth-order valence-electron chi connectivity index (χ4n) is 1.88. The summed E-state index contributed by atoms with van der Waals surface area (Å²) in [6, 6.07) is 6.60. The predicted octanol–water partition coefficient (Wildman–Crippen LogP) is 3.27. The molecule has 0 aliphatic heterocycles. The van der Waals surface area contributed by atoms with Crippen molar-refractivity contribution >= 4 is 40.9 Å². The van der Waals surface area contributed by atoms with E-state index in [-0.39, 0.29) is 29.2 Å². The van der Waals surface area contributed by atoms with Crippen LogP contribution in [0.15, 0.2) is 40.9 Å². The van der Waals surface area contributed by atoms with Crippen LogP contribution in [0.3, 0.4) is 0 Å². The van der Waals surface area contributed by atoms with Crippen LogP contribution in [-0.4, -0.2) is 31.5 Å². The van der Waals surface area contributed by atoms with Gasteiger partial charge in [0, 0.05) is 18.0 Å². The third-order valence-electron chi connectivity index (χ3n) is 2.91. The first kappa shape index (κ1) is 18.1. The second kappa shape index (κ2) is 8.14. The smallest absolute Gasteiger partial charge is 0.224 e. The Morgan fingerprint density at radius 2 is 1.85 bits per heavy atom. The van der Waals surface area contributed by atoms with E-state index in [2.05, 4.69) is 24.9 Å². The Hall–Kier alpha value is -2.67. The van der Waals surface area contributed by atoms with Crippen molar-refractivity contribution in [2.45, 2.75) is 10.3 Å². The number of nitrogen functional groups attached to an aromatic ring is 1. The number of aromatic nitrogens is 5. The normalized spacial score (nSPS) is 10.3. The van der Waals surface area contributed by atoms with Gasteiger partial charge in [0.05, 0.1) is 10.0 Å². The highest BCUT2D eigenvalue weighted by Gasteiger charge is 2.15. The van der Waals surface area contributed by atoms with Gasteiger partial charge in [-0.15, -0.1) is 0 Å². The number of ether oxygens (including phenoxy) is 1. The highest BCUT2D eigenvalue weighted by molar-refractivity contribution is 7.99. The topological polar surface area (TPSA) is 123 Å². The van der Waals surface area contributed by atoms with E-state index in [4.69, 9.17) is 38.9 Å². The minimum absolute atomic E-state index is 0.0129. The van der Waals surface area contributed by atoms with Crippen molar-refractivity contribution in [2.75, 3.05) is 12.3 Å². The summed E-state index contributed by atoms with van der Waals surface area (Å²) in [5.74, 6) is 0.533. The number of nitrogens with zero attached hydrogens (tertiary/aromatic N) is 6. The average molecular weight is 406 g/mol. The van der Waals surface area contributed by atoms with Crippen molar-refractivity contribution in [3.05, 3.63) is 40.6 Å². The molecule has 11 heteroatoms. The molecule has 0 fully saturated rings. The predicted molar refractivity (Wildman–Crippen MR) is 97.0 cm³/mol. The Morgan fingerprint density at radius 1 is 1.08 bits per heavy atom. The van der Waals surface area contributed by atoms with Gasteiger partial charge in [0.1, 0.15) is 11.8 Å². The quantitative estimate of drug-likeness (QED) is 0.636. The first-order valence-corrected chi connectivity index (χ1v) is 8.59. The molecule has 0 spiro atoms. The van der Waals surface area contributed by atoms with E-state index in [0.717, 1.165) is 11.8 Å². The van der Waals surface area contributed by atoms with Gasteiger partial charge in [0.2, 0.25) is 11.1 Å². The van der Waals surface area contributed by atoms with Crippen LogP contribution in [0.1, 0.15) is 0 Å². The lowest BCUT2D eigenvalue weighted by Gasteiger charge is -2.10. The van der Waals surface area contributed by atoms with E-state index in [0.29, 0.717) is 20.9 Å². The maximum atomic E-state index is 8.66. The summed E-state index contributed by atoms with van der Waals surface area (Å²) < 4.78 is 5.28. The molecule has 0 atom stereocenters. The van der Waals surface area contributed by atoms with Crippen molar-refractivity contribution in [2.24, 2.45) is 0 Å². The molecule has 0 saturated heterocycles. The number of nitrogens with two attached hydrogens (primary N) is 1. The molecule has 0 amide bonds. The van der Waals surface area contributed by atoms with Crippen LogP contribution in [0.25, 0.3) is 11.4 Å². The van der Waals surface area contributed by atoms with Gasteiger partial charge in [0.15, 0.2) is 17.6 Å². The molecule has 1 aromatic carbocycles. The van der Waals surface area contributed by atoms with Crippen LogP contribution in [0.4, 0.5) is 5.95 Å². The molecule has 2 aromatic heterocycles. The van der Waals surface area contributed by atoms with E-state index < -0.39 is 0 Å². The Bertz CT molecular complexity index is 982. The standard InChI is InChI=1S/C15H9Cl2N7OS/c16-9-7-10(17)11(25-5-2-18)6-8(9)12-22-13(19)24-15(23-12)26-14-20-3-1-4-21-14/h1,3-4,6-7H,5H2,(H2,19,22,23,24). The molecule has 0 saturated carbocycles. The third kappa shape index (κ3) is 4.29. The molecule has 0 radical (unpaired) electrons. The van der Waals surface area contributed by atoms with Crippen LogP contribution < -0.4 is 10.5 Å². The van der Waals surface area contributed by atoms with Crippen LogP contribution >= 0.6 is 35.0 Å². The number of benzene rings is 1. The number of hydrogen-bond acceptors (Lipinski definition) is 9. The van der Waals surface area contributed by atoms with E-state index in [1.165, 1.54) is 6.07 Å². The largest absolute Gasteiger partial charge is 0.477 e. The summed E-state index contributed by atoms with van der Waals surface area (Å²) in [4.78, 5) is 20.7. The van der Waals surface area contributed by atoms with Gasteiger partial charge in [-0.2, -0.15) is 15.2 Å². The lowest BCUT2D eigenvalue weighted by molar-refractivity contribution is 0.368. The van der Waals surface area contributed by atoms with Crippen LogP contribution in [0.5, 0.6) is 5.75 Å². The number of rotatable bonds is 5. The number of anilines is 1. The Labute approximate surface area is 162 Å². The van der Waals surface area contributed by atoms with Gasteiger partial charge in [-0.25, -0.2) is 15.0 Å². The Kier molecular flexibility index (Phi) is 5.68. The van der Waals surface area contributed by atoms with Crippen molar-refractivity contribution < 1.29 is 4.74 Å². The summed E-state index contributed by atoms with van der Waals surface area (Å²) in [5.41, 5.74) is 6.23. The molecule has 0 aliphatic carbocycles. The van der Waals surface area contributed by atoms with Gasteiger partial charge in [-0.05, 0) is 30.0 Å². The lowest BCUT2D eigenvalue weighted by Crippen LogP contribution is -2.03. The first-order valence-electron chi connectivity index (χ1n) is 7.02. The van der Waals surface area contributed by atoms with Crippen molar-refractivity contribution in [1.82, 2.24) is 24.9 Å². The molecule has 0 bridgehead atoms. The van der Waals surface area contributed by atoms with Crippen LogP contribution in [0.2, 0.25) is 10.0 Å². The highest BCUT2D eigenvalue weighted by atomic mass is 35.5. The summed E-state index contributed by atoms with van der Waals surface area (Å²) in [5, 5.41) is 10.0. The Morgan fingerprint density at radius 3 is 2.58 bits per heavy atom. The van der Waals surface area contributed by atoms with Crippen molar-refractivity contribution in [1.29, 1.82) is 5.26 Å². The molecular formula is C15H9Cl2N7OS. The maximum absolute atomic E-state index is 8.66. The molecule has 130 valence electrons. The minimum atomic E-state index is -0.160. The zero-order valence-electron chi connectivity index (χ0n) is 12.9. The molecule has 2 heterocycles. The molecule has 26 heavy (non-hydrogen) atoms. The monoisotopic (exact) mass is 405 g/mol. The zero-order valence-corrected chi connectivity index (χ0v) is 15.3. The summed E-state index contributed by atoms with van der Waals surface area (Å²) in [7, 11) is 0. The average Bonchev–Trinajstić information content (AvgIpc) is 2.61. The van der Waals surface area contributed by atoms with Crippen LogP contribution in [0, 0.1) is 11.3 Å². The number of halogens is 2. The van der Waals surface area contributed by atoms with Gasteiger partial charge in [0.25, 0.3) is 0 Å². The SMILES string of the molecule is N#CCOc1cc(-c2nc(N)nc(Sc3ncccn3)n2)c(Cl)cc1Cl. The van der Waals surface area contributed by atoms with E-state index in [1.807, 2.05) is 6.07 Å². The van der Waals surface area contributed by atoms with Gasteiger partial charge in [-0.3, -0.25) is 0 Å². The number of nitriles is 1. The van der Waals surface area contributed by atoms with Gasteiger partial charge >= 0.3 is 0 Å². The van der Waals surface area contributed by atoms with Crippen molar-refractivity contribution in [3.8, 4) is 23.2 Å². The molecule has 3 rings (SSSR count). The minimum Gasteiger partial charge on any atom is -0.477 e. The van der Waals surface area contributed by atoms with Gasteiger partial charge < -0.3 is 10.5 Å². The number of hydrogen-bond donors (Lipinski definition) is 1. The molecular weight excluding hydrogens is 397 g/mol. The van der Waals surface area contributed by atoms with Crippen molar-refractivity contribution in [3.63, 3.8) is 0 Å². The molecule has 0 aliphatic rings. The van der Waals surface area contributed by atoms with Crippen LogP contribution in [-0.2, 0) is 0 Å². The fourth-order valence-corrected chi connectivity index (χ4v) is 3.06. The summed E-state index contributed by atoms with van der Waals surface area (Å²) in [6.07, 6.45) is 3.21. The highest BCUT2D eigenvalue weighted by Crippen LogP contribution is 2.36. The molecule has 0 unspecified atom stereocenters. The van der Waals surface area contributed by atoms with Gasteiger partial charge in [-0.1, -0.05) is 23.2 Å². The zero-order chi connectivity index (χ0) is 18.5. The molecule has 2 N–H and O–H groups in total.